The van der Waals surface area contributed by atoms with Crippen LogP contribution in [-0.4, -0.2) is 13.4 Å². The molecule has 0 radical (unpaired) electrons. The molecule has 0 aromatic carbocycles. The van der Waals surface area contributed by atoms with Crippen LogP contribution < -0.4 is 10.5 Å². The molecule has 7 heteroatoms. The minimum atomic E-state index is -3.75. The van der Waals surface area contributed by atoms with E-state index in [0.717, 1.165) is 5.69 Å². The molecule has 0 aliphatic heterocycles. The van der Waals surface area contributed by atoms with Crippen molar-refractivity contribution >= 4 is 15.7 Å². The van der Waals surface area contributed by atoms with E-state index >= 15 is 0 Å². The fraction of sp³-hybridized carbons (Fsp3) is 0.250. The summed E-state index contributed by atoms with van der Waals surface area (Å²) in [7, 11) is -3.75. The molecule has 0 aliphatic carbocycles. The number of aryl methyl sites for hydroxylation is 2. The van der Waals surface area contributed by atoms with E-state index in [0.29, 0.717) is 17.1 Å². The summed E-state index contributed by atoms with van der Waals surface area (Å²) in [5, 5.41) is -0.159. The Kier molecular flexibility index (Phi) is 3.59. The Morgan fingerprint density at radius 2 is 2.00 bits per heavy atom. The molecular weight excluding hydrogens is 266 g/mol. The summed E-state index contributed by atoms with van der Waals surface area (Å²) in [6.07, 6.45) is 0. The molecule has 2 aromatic rings. The van der Waals surface area contributed by atoms with Gasteiger partial charge in [-0.2, -0.15) is 8.42 Å². The first kappa shape index (κ1) is 13.6. The number of rotatable bonds is 4. The van der Waals surface area contributed by atoms with E-state index < -0.39 is 10.0 Å². The van der Waals surface area contributed by atoms with Crippen LogP contribution in [-0.2, 0) is 16.6 Å². The zero-order valence-electron chi connectivity index (χ0n) is 10.7. The lowest BCUT2D eigenvalue weighted by Crippen LogP contribution is -2.13. The fourth-order valence-electron chi connectivity index (χ4n) is 1.60. The van der Waals surface area contributed by atoms with Gasteiger partial charge in [0.25, 0.3) is 10.0 Å². The largest absolute Gasteiger partial charge is 0.446 e. The number of furan rings is 1. The number of sulfonamides is 1. The summed E-state index contributed by atoms with van der Waals surface area (Å²) in [6, 6.07) is 6.32. The minimum absolute atomic E-state index is 0.153. The first-order valence-electron chi connectivity index (χ1n) is 5.68. The van der Waals surface area contributed by atoms with E-state index in [1.54, 1.807) is 19.1 Å². The summed E-state index contributed by atoms with van der Waals surface area (Å²) in [5.74, 6) is 0.416. The Bertz CT molecular complexity index is 692. The van der Waals surface area contributed by atoms with Crippen molar-refractivity contribution in [3.8, 4) is 0 Å². The van der Waals surface area contributed by atoms with Gasteiger partial charge in [-0.1, -0.05) is 0 Å². The second kappa shape index (κ2) is 5.02. The number of pyridine rings is 1. The van der Waals surface area contributed by atoms with E-state index in [9.17, 15) is 8.42 Å². The SMILES string of the molecule is Cc1ccc(NS(=O)(=O)c2ccc(CN)o2)c(C)n1. The molecule has 0 saturated heterocycles. The van der Waals surface area contributed by atoms with E-state index in [-0.39, 0.29) is 11.6 Å². The van der Waals surface area contributed by atoms with Gasteiger partial charge < -0.3 is 10.2 Å². The number of nitrogens with zero attached hydrogens (tertiary/aromatic N) is 1. The van der Waals surface area contributed by atoms with Gasteiger partial charge in [-0.15, -0.1) is 0 Å². The van der Waals surface area contributed by atoms with Crippen molar-refractivity contribution in [3.63, 3.8) is 0 Å². The third-order valence-corrected chi connectivity index (χ3v) is 3.81. The zero-order valence-corrected chi connectivity index (χ0v) is 11.5. The fourth-order valence-corrected chi connectivity index (χ4v) is 2.67. The average Bonchev–Trinajstić information content (AvgIpc) is 2.82. The highest BCUT2D eigenvalue weighted by atomic mass is 32.2. The Balaban J connectivity index is 2.30. The van der Waals surface area contributed by atoms with Gasteiger partial charge in [0, 0.05) is 5.69 Å². The lowest BCUT2D eigenvalue weighted by Gasteiger charge is -2.08. The highest BCUT2D eigenvalue weighted by Crippen LogP contribution is 2.20. The maximum atomic E-state index is 12.1. The molecule has 0 atom stereocenters. The van der Waals surface area contributed by atoms with Gasteiger partial charge in [-0.25, -0.2) is 0 Å². The summed E-state index contributed by atoms with van der Waals surface area (Å²) in [6.45, 7) is 3.73. The topological polar surface area (TPSA) is 98.2 Å². The third-order valence-electron chi connectivity index (χ3n) is 2.57. The van der Waals surface area contributed by atoms with Crippen LogP contribution >= 0.6 is 0 Å². The van der Waals surface area contributed by atoms with Gasteiger partial charge in [-0.3, -0.25) is 9.71 Å². The Hall–Kier alpha value is -1.86. The highest BCUT2D eigenvalue weighted by molar-refractivity contribution is 7.92. The molecule has 3 N–H and O–H groups in total. The number of anilines is 1. The molecule has 0 spiro atoms. The van der Waals surface area contributed by atoms with Crippen LogP contribution in [0.4, 0.5) is 5.69 Å². The number of hydrogen-bond donors (Lipinski definition) is 2. The molecule has 0 amide bonds. The molecule has 2 heterocycles. The molecule has 2 rings (SSSR count). The normalized spacial score (nSPS) is 11.5. The van der Waals surface area contributed by atoms with Crippen LogP contribution in [0.15, 0.2) is 33.8 Å². The van der Waals surface area contributed by atoms with Gasteiger partial charge >= 0.3 is 0 Å². The smallest absolute Gasteiger partial charge is 0.295 e. The lowest BCUT2D eigenvalue weighted by atomic mass is 10.3. The minimum Gasteiger partial charge on any atom is -0.446 e. The Morgan fingerprint density at radius 1 is 1.26 bits per heavy atom. The van der Waals surface area contributed by atoms with Crippen LogP contribution in [0.3, 0.4) is 0 Å². The maximum Gasteiger partial charge on any atom is 0.295 e. The van der Waals surface area contributed by atoms with Gasteiger partial charge in [0.2, 0.25) is 5.09 Å². The van der Waals surface area contributed by atoms with Crippen LogP contribution in [0.25, 0.3) is 0 Å². The maximum absolute atomic E-state index is 12.1. The molecule has 6 nitrogen and oxygen atoms in total. The van der Waals surface area contributed by atoms with E-state index in [1.165, 1.54) is 12.1 Å². The lowest BCUT2D eigenvalue weighted by molar-refractivity contribution is 0.417. The van der Waals surface area contributed by atoms with Crippen LogP contribution in [0.5, 0.6) is 0 Å². The van der Waals surface area contributed by atoms with Crippen LogP contribution in [0.2, 0.25) is 0 Å². The van der Waals surface area contributed by atoms with Gasteiger partial charge in [-0.05, 0) is 38.1 Å². The van der Waals surface area contributed by atoms with Crippen molar-refractivity contribution in [1.82, 2.24) is 4.98 Å². The molecule has 0 bridgehead atoms. The predicted octanol–water partition coefficient (Wildman–Crippen LogP) is 1.55. The predicted molar refractivity (Wildman–Crippen MR) is 71.1 cm³/mol. The van der Waals surface area contributed by atoms with Gasteiger partial charge in [0.15, 0.2) is 0 Å². The second-order valence-corrected chi connectivity index (χ2v) is 5.73. The number of nitrogens with two attached hydrogens (primary N) is 1. The summed E-state index contributed by atoms with van der Waals surface area (Å²) in [4.78, 5) is 4.20. The summed E-state index contributed by atoms with van der Waals surface area (Å²) < 4.78 is 31.8. The van der Waals surface area contributed by atoms with Gasteiger partial charge in [0.05, 0.1) is 17.9 Å². The molecule has 19 heavy (non-hydrogen) atoms. The van der Waals surface area contributed by atoms with E-state index in [2.05, 4.69) is 9.71 Å². The molecule has 0 unspecified atom stereocenters. The van der Waals surface area contributed by atoms with Crippen LogP contribution in [0.1, 0.15) is 17.1 Å². The first-order chi connectivity index (χ1) is 8.92. The summed E-state index contributed by atoms with van der Waals surface area (Å²) in [5.41, 5.74) is 7.24. The van der Waals surface area contributed by atoms with Crippen molar-refractivity contribution in [2.45, 2.75) is 25.5 Å². The first-order valence-corrected chi connectivity index (χ1v) is 7.16. The monoisotopic (exact) mass is 281 g/mol. The van der Waals surface area contributed by atoms with Crippen LogP contribution in [0, 0.1) is 13.8 Å². The zero-order chi connectivity index (χ0) is 14.0. The number of aromatic nitrogens is 1. The third kappa shape index (κ3) is 2.94. The number of hydrogen-bond acceptors (Lipinski definition) is 5. The average molecular weight is 281 g/mol. The van der Waals surface area contributed by atoms with Gasteiger partial charge in [0.1, 0.15) is 5.76 Å². The quantitative estimate of drug-likeness (QED) is 0.886. The van der Waals surface area contributed by atoms with Crippen molar-refractivity contribution in [2.75, 3.05) is 4.72 Å². The van der Waals surface area contributed by atoms with E-state index in [4.69, 9.17) is 10.2 Å². The Labute approximate surface area is 111 Å². The standard InChI is InChI=1S/C12H15N3O3S/c1-8-3-5-11(9(2)14-8)15-19(16,17)12-6-4-10(7-13)18-12/h3-6,15H,7,13H2,1-2H3. The van der Waals surface area contributed by atoms with Crippen molar-refractivity contribution in [1.29, 1.82) is 0 Å². The molecule has 102 valence electrons. The molecule has 0 fully saturated rings. The van der Waals surface area contributed by atoms with Crippen molar-refractivity contribution in [2.24, 2.45) is 5.73 Å². The number of nitrogens with one attached hydrogen (secondary N) is 1. The molecular formula is C12H15N3O3S. The second-order valence-electron chi connectivity index (χ2n) is 4.12. The van der Waals surface area contributed by atoms with Crippen molar-refractivity contribution < 1.29 is 12.8 Å². The molecule has 0 aliphatic rings. The van der Waals surface area contributed by atoms with Crippen molar-refractivity contribution in [3.05, 3.63) is 41.4 Å². The van der Waals surface area contributed by atoms with E-state index in [1.807, 2.05) is 6.92 Å². The summed E-state index contributed by atoms with van der Waals surface area (Å²) >= 11 is 0. The molecule has 0 saturated carbocycles. The highest BCUT2D eigenvalue weighted by Gasteiger charge is 2.19. The molecule has 2 aromatic heterocycles. The Morgan fingerprint density at radius 3 is 2.58 bits per heavy atom.